The zero-order chi connectivity index (χ0) is 13.4. The summed E-state index contributed by atoms with van der Waals surface area (Å²) in [5.74, 6) is 0.0634. The molecule has 0 heterocycles. The Bertz CT molecular complexity index is 362. The second-order valence-electron chi connectivity index (χ2n) is 4.39. The zero-order valence-electron chi connectivity index (χ0n) is 10.8. The first kappa shape index (κ1) is 14.5. The predicted octanol–water partition coefficient (Wildman–Crippen LogP) is 2.21. The predicted molar refractivity (Wildman–Crippen MR) is 70.8 cm³/mol. The maximum absolute atomic E-state index is 10.4. The Labute approximate surface area is 108 Å². The van der Waals surface area contributed by atoms with Crippen LogP contribution in [0.15, 0.2) is 24.3 Å². The van der Waals surface area contributed by atoms with Gasteiger partial charge in [-0.2, -0.15) is 0 Å². The Morgan fingerprint density at radius 3 is 2.61 bits per heavy atom. The molecule has 0 aliphatic rings. The lowest BCUT2D eigenvalue weighted by Crippen LogP contribution is -2.23. The van der Waals surface area contributed by atoms with Crippen molar-refractivity contribution < 1.29 is 14.6 Å². The third-order valence-corrected chi connectivity index (χ3v) is 2.62. The van der Waals surface area contributed by atoms with E-state index in [4.69, 9.17) is 15.6 Å². The van der Waals surface area contributed by atoms with E-state index in [0.717, 1.165) is 24.3 Å². The summed E-state index contributed by atoms with van der Waals surface area (Å²) in [6.45, 7) is 2.79. The fourth-order valence-corrected chi connectivity index (χ4v) is 1.66. The summed E-state index contributed by atoms with van der Waals surface area (Å²) >= 11 is 0. The minimum atomic E-state index is -0.797. The molecule has 1 atom stereocenters. The van der Waals surface area contributed by atoms with Crippen molar-refractivity contribution in [2.45, 2.75) is 38.6 Å². The maximum atomic E-state index is 10.4. The quantitative estimate of drug-likeness (QED) is 0.743. The summed E-state index contributed by atoms with van der Waals surface area (Å²) in [6, 6.07) is 7.70. The molecule has 100 valence electrons. The van der Waals surface area contributed by atoms with Crippen LogP contribution in [0.4, 0.5) is 0 Å². The van der Waals surface area contributed by atoms with Gasteiger partial charge in [0.1, 0.15) is 5.75 Å². The van der Waals surface area contributed by atoms with Crippen molar-refractivity contribution in [2.24, 2.45) is 5.73 Å². The van der Waals surface area contributed by atoms with Crippen molar-refractivity contribution in [3.8, 4) is 5.75 Å². The number of hydrogen-bond acceptors (Lipinski definition) is 3. The molecule has 1 unspecified atom stereocenters. The molecule has 3 N–H and O–H groups in total. The average molecular weight is 251 g/mol. The fraction of sp³-hybridized carbons (Fsp3) is 0.500. The second kappa shape index (κ2) is 7.71. The lowest BCUT2D eigenvalue weighted by Gasteiger charge is -2.11. The van der Waals surface area contributed by atoms with E-state index in [1.165, 1.54) is 0 Å². The van der Waals surface area contributed by atoms with E-state index >= 15 is 0 Å². The summed E-state index contributed by atoms with van der Waals surface area (Å²) in [5, 5.41) is 8.58. The lowest BCUT2D eigenvalue weighted by atomic mass is 10.0. The summed E-state index contributed by atoms with van der Waals surface area (Å²) in [7, 11) is 0. The van der Waals surface area contributed by atoms with Crippen LogP contribution in [0.3, 0.4) is 0 Å². The van der Waals surface area contributed by atoms with Crippen LogP contribution < -0.4 is 10.5 Å². The summed E-state index contributed by atoms with van der Waals surface area (Å²) in [4.78, 5) is 10.4. The van der Waals surface area contributed by atoms with Gasteiger partial charge < -0.3 is 15.6 Å². The SMILES string of the molecule is CCCOc1ccc(CC(N)CCC(=O)O)cc1. The molecule has 0 aliphatic heterocycles. The third-order valence-electron chi connectivity index (χ3n) is 2.62. The lowest BCUT2D eigenvalue weighted by molar-refractivity contribution is -0.137. The van der Waals surface area contributed by atoms with Crippen LogP contribution in [0.1, 0.15) is 31.7 Å². The summed E-state index contributed by atoms with van der Waals surface area (Å²) in [5.41, 5.74) is 6.99. The molecular formula is C14H21NO3. The molecule has 0 saturated heterocycles. The van der Waals surface area contributed by atoms with Gasteiger partial charge in [0.2, 0.25) is 0 Å². The van der Waals surface area contributed by atoms with E-state index < -0.39 is 5.97 Å². The second-order valence-corrected chi connectivity index (χ2v) is 4.39. The molecule has 0 fully saturated rings. The third kappa shape index (κ3) is 5.68. The summed E-state index contributed by atoms with van der Waals surface area (Å²) < 4.78 is 5.49. The van der Waals surface area contributed by atoms with E-state index in [1.54, 1.807) is 0 Å². The van der Waals surface area contributed by atoms with Gasteiger partial charge >= 0.3 is 5.97 Å². The van der Waals surface area contributed by atoms with Gasteiger partial charge in [-0.1, -0.05) is 19.1 Å². The molecule has 0 amide bonds. The number of ether oxygens (including phenoxy) is 1. The minimum Gasteiger partial charge on any atom is -0.494 e. The molecule has 0 aliphatic carbocycles. The van der Waals surface area contributed by atoms with Crippen LogP contribution in [0, 0.1) is 0 Å². The largest absolute Gasteiger partial charge is 0.494 e. The minimum absolute atomic E-state index is 0.108. The molecule has 0 spiro atoms. The monoisotopic (exact) mass is 251 g/mol. The van der Waals surface area contributed by atoms with Gasteiger partial charge in [-0.05, 0) is 37.0 Å². The normalized spacial score (nSPS) is 12.1. The van der Waals surface area contributed by atoms with Crippen LogP contribution in [0.2, 0.25) is 0 Å². The number of benzene rings is 1. The molecule has 0 bridgehead atoms. The van der Waals surface area contributed by atoms with Crippen LogP contribution in [-0.2, 0) is 11.2 Å². The highest BCUT2D eigenvalue weighted by molar-refractivity contribution is 5.66. The first-order valence-electron chi connectivity index (χ1n) is 6.31. The van der Waals surface area contributed by atoms with Gasteiger partial charge in [0.05, 0.1) is 6.61 Å². The molecule has 1 aromatic carbocycles. The highest BCUT2D eigenvalue weighted by Gasteiger charge is 2.07. The topological polar surface area (TPSA) is 72.5 Å². The van der Waals surface area contributed by atoms with Crippen LogP contribution in [0.5, 0.6) is 5.75 Å². The van der Waals surface area contributed by atoms with Crippen molar-refractivity contribution >= 4 is 5.97 Å². The number of rotatable bonds is 8. The van der Waals surface area contributed by atoms with E-state index in [2.05, 4.69) is 6.92 Å². The first-order chi connectivity index (χ1) is 8.61. The van der Waals surface area contributed by atoms with E-state index in [9.17, 15) is 4.79 Å². The van der Waals surface area contributed by atoms with Gasteiger partial charge in [0.25, 0.3) is 0 Å². The van der Waals surface area contributed by atoms with Crippen molar-refractivity contribution in [1.82, 2.24) is 0 Å². The van der Waals surface area contributed by atoms with Crippen LogP contribution in [-0.4, -0.2) is 23.7 Å². The Hall–Kier alpha value is -1.55. The van der Waals surface area contributed by atoms with Gasteiger partial charge in [-0.3, -0.25) is 4.79 Å². The van der Waals surface area contributed by atoms with Gasteiger partial charge in [0, 0.05) is 12.5 Å². The Kier molecular flexibility index (Phi) is 6.22. The van der Waals surface area contributed by atoms with E-state index in [1.807, 2.05) is 24.3 Å². The fourth-order valence-electron chi connectivity index (χ4n) is 1.66. The smallest absolute Gasteiger partial charge is 0.303 e. The molecule has 0 saturated carbocycles. The molecule has 4 heteroatoms. The molecule has 1 rings (SSSR count). The maximum Gasteiger partial charge on any atom is 0.303 e. The van der Waals surface area contributed by atoms with Crippen molar-refractivity contribution in [3.63, 3.8) is 0 Å². The Morgan fingerprint density at radius 2 is 2.06 bits per heavy atom. The van der Waals surface area contributed by atoms with E-state index in [0.29, 0.717) is 12.8 Å². The number of aliphatic carboxylic acids is 1. The molecule has 0 radical (unpaired) electrons. The van der Waals surface area contributed by atoms with Gasteiger partial charge in [-0.15, -0.1) is 0 Å². The number of hydrogen-bond donors (Lipinski definition) is 2. The van der Waals surface area contributed by atoms with E-state index in [-0.39, 0.29) is 12.5 Å². The zero-order valence-corrected chi connectivity index (χ0v) is 10.8. The van der Waals surface area contributed by atoms with Crippen molar-refractivity contribution in [3.05, 3.63) is 29.8 Å². The first-order valence-corrected chi connectivity index (χ1v) is 6.31. The van der Waals surface area contributed by atoms with Crippen LogP contribution in [0.25, 0.3) is 0 Å². The van der Waals surface area contributed by atoms with Crippen molar-refractivity contribution in [1.29, 1.82) is 0 Å². The molecule has 18 heavy (non-hydrogen) atoms. The van der Waals surface area contributed by atoms with Crippen LogP contribution >= 0.6 is 0 Å². The van der Waals surface area contributed by atoms with Crippen molar-refractivity contribution in [2.75, 3.05) is 6.61 Å². The summed E-state index contributed by atoms with van der Waals surface area (Å²) in [6.07, 6.45) is 2.31. The van der Waals surface area contributed by atoms with Gasteiger partial charge in [0.15, 0.2) is 0 Å². The highest BCUT2D eigenvalue weighted by Crippen LogP contribution is 2.14. The molecular weight excluding hydrogens is 230 g/mol. The molecule has 4 nitrogen and oxygen atoms in total. The number of carbonyl (C=O) groups is 1. The average Bonchev–Trinajstić information content (AvgIpc) is 2.35. The number of carboxylic acids is 1. The molecule has 1 aromatic rings. The number of nitrogens with two attached hydrogens (primary N) is 1. The Balaban J connectivity index is 2.40. The standard InChI is InChI=1S/C14H21NO3/c1-2-9-18-13-6-3-11(4-7-13)10-12(15)5-8-14(16)17/h3-4,6-7,12H,2,5,8-10,15H2,1H3,(H,16,17). The highest BCUT2D eigenvalue weighted by atomic mass is 16.5. The van der Waals surface area contributed by atoms with Gasteiger partial charge in [-0.25, -0.2) is 0 Å². The Morgan fingerprint density at radius 1 is 1.39 bits per heavy atom. The number of carboxylic acid groups (broad SMARTS) is 1. The molecule has 0 aromatic heterocycles.